The molecule has 2 aromatic carbocycles. The van der Waals surface area contributed by atoms with Crippen LogP contribution in [0.15, 0.2) is 53.6 Å². The summed E-state index contributed by atoms with van der Waals surface area (Å²) in [7, 11) is 3.26. The molecule has 0 atom stereocenters. The van der Waals surface area contributed by atoms with Crippen LogP contribution in [0.1, 0.15) is 5.56 Å². The van der Waals surface area contributed by atoms with Crippen LogP contribution in [0.3, 0.4) is 0 Å². The highest BCUT2D eigenvalue weighted by Crippen LogP contribution is 2.14. The first-order valence-corrected chi connectivity index (χ1v) is 7.00. The van der Waals surface area contributed by atoms with Gasteiger partial charge in [0.05, 0.1) is 20.4 Å². The van der Waals surface area contributed by atoms with E-state index in [2.05, 4.69) is 15.8 Å². The Labute approximate surface area is 134 Å². The lowest BCUT2D eigenvalue weighted by atomic mass is 10.2. The Morgan fingerprint density at radius 3 is 2.05 bits per heavy atom. The van der Waals surface area contributed by atoms with Gasteiger partial charge in [-0.15, -0.1) is 0 Å². The number of anilines is 1. The fourth-order valence-electron chi connectivity index (χ4n) is 1.69. The van der Waals surface area contributed by atoms with E-state index < -0.39 is 0 Å². The van der Waals surface area contributed by atoms with Crippen LogP contribution in [-0.4, -0.2) is 25.5 Å². The first-order valence-electron chi connectivity index (χ1n) is 6.59. The fraction of sp³-hybridized carbons (Fsp3) is 0.125. The summed E-state index contributed by atoms with van der Waals surface area (Å²) in [6.45, 7) is 0. The van der Waals surface area contributed by atoms with Crippen LogP contribution in [0.2, 0.25) is 0 Å². The molecule has 2 aromatic rings. The van der Waals surface area contributed by atoms with E-state index in [0.29, 0.717) is 5.11 Å². The second-order valence-corrected chi connectivity index (χ2v) is 4.73. The Kier molecular flexibility index (Phi) is 5.73. The quantitative estimate of drug-likeness (QED) is 0.505. The SMILES string of the molecule is COc1ccc(/C=N/NC(=S)Nc2ccc(OC)cc2)cc1. The molecule has 0 heterocycles. The Bertz CT molecular complexity index is 639. The molecule has 114 valence electrons. The van der Waals surface area contributed by atoms with Gasteiger partial charge in [-0.25, -0.2) is 0 Å². The van der Waals surface area contributed by atoms with Crippen LogP contribution in [0.25, 0.3) is 0 Å². The zero-order chi connectivity index (χ0) is 15.8. The van der Waals surface area contributed by atoms with Crippen molar-refractivity contribution in [2.45, 2.75) is 0 Å². The van der Waals surface area contributed by atoms with Gasteiger partial charge in [-0.1, -0.05) is 0 Å². The van der Waals surface area contributed by atoms with Gasteiger partial charge in [0.1, 0.15) is 11.5 Å². The Morgan fingerprint density at radius 1 is 0.955 bits per heavy atom. The van der Waals surface area contributed by atoms with Crippen molar-refractivity contribution in [1.29, 1.82) is 0 Å². The zero-order valence-corrected chi connectivity index (χ0v) is 13.2. The standard InChI is InChI=1S/C16H17N3O2S/c1-20-14-7-3-12(4-8-14)11-17-19-16(22)18-13-5-9-15(21-2)10-6-13/h3-11H,1-2H3,(H2,18,19,22)/b17-11+. The molecule has 2 rings (SSSR count). The normalized spacial score (nSPS) is 10.3. The van der Waals surface area contributed by atoms with Gasteiger partial charge in [0.2, 0.25) is 0 Å². The number of ether oxygens (including phenoxy) is 2. The highest BCUT2D eigenvalue weighted by Gasteiger charge is 1.97. The highest BCUT2D eigenvalue weighted by atomic mass is 32.1. The van der Waals surface area contributed by atoms with E-state index in [4.69, 9.17) is 21.7 Å². The maximum atomic E-state index is 5.16. The van der Waals surface area contributed by atoms with Crippen molar-refractivity contribution in [3.8, 4) is 11.5 Å². The van der Waals surface area contributed by atoms with Gasteiger partial charge in [-0.3, -0.25) is 5.43 Å². The van der Waals surface area contributed by atoms with Crippen molar-refractivity contribution in [2.75, 3.05) is 19.5 Å². The summed E-state index contributed by atoms with van der Waals surface area (Å²) < 4.78 is 10.2. The molecule has 22 heavy (non-hydrogen) atoms. The van der Waals surface area contributed by atoms with Crippen LogP contribution in [-0.2, 0) is 0 Å². The summed E-state index contributed by atoms with van der Waals surface area (Å²) in [4.78, 5) is 0. The predicted octanol–water partition coefficient (Wildman–Crippen LogP) is 3.02. The molecule has 0 aliphatic carbocycles. The molecule has 0 aliphatic rings. The average Bonchev–Trinajstić information content (AvgIpc) is 2.56. The topological polar surface area (TPSA) is 54.9 Å². The predicted molar refractivity (Wildman–Crippen MR) is 92.9 cm³/mol. The van der Waals surface area contributed by atoms with Crippen LogP contribution >= 0.6 is 12.2 Å². The van der Waals surface area contributed by atoms with Gasteiger partial charge in [-0.05, 0) is 66.3 Å². The number of thiocarbonyl (C=S) groups is 1. The van der Waals surface area contributed by atoms with Gasteiger partial charge in [-0.2, -0.15) is 5.10 Å². The molecule has 6 heteroatoms. The number of nitrogens with one attached hydrogen (secondary N) is 2. The second kappa shape index (κ2) is 7.99. The number of hydrogen-bond donors (Lipinski definition) is 2. The molecule has 0 saturated carbocycles. The maximum absolute atomic E-state index is 5.16. The van der Waals surface area contributed by atoms with E-state index in [1.807, 2.05) is 48.5 Å². The molecular formula is C16H17N3O2S. The smallest absolute Gasteiger partial charge is 0.191 e. The molecular weight excluding hydrogens is 298 g/mol. The molecule has 0 radical (unpaired) electrons. The summed E-state index contributed by atoms with van der Waals surface area (Å²) in [5.74, 6) is 1.60. The third kappa shape index (κ3) is 4.75. The Balaban J connectivity index is 1.84. The van der Waals surface area contributed by atoms with E-state index in [-0.39, 0.29) is 0 Å². The van der Waals surface area contributed by atoms with Crippen molar-refractivity contribution in [1.82, 2.24) is 5.43 Å². The molecule has 0 saturated heterocycles. The molecule has 2 N–H and O–H groups in total. The molecule has 0 aromatic heterocycles. The lowest BCUT2D eigenvalue weighted by Crippen LogP contribution is -2.23. The van der Waals surface area contributed by atoms with Gasteiger partial charge in [0.15, 0.2) is 5.11 Å². The molecule has 0 bridgehead atoms. The van der Waals surface area contributed by atoms with Crippen molar-refractivity contribution in [3.05, 3.63) is 54.1 Å². The van der Waals surface area contributed by atoms with Gasteiger partial charge < -0.3 is 14.8 Å². The van der Waals surface area contributed by atoms with Crippen LogP contribution in [0.5, 0.6) is 11.5 Å². The number of rotatable bonds is 5. The minimum Gasteiger partial charge on any atom is -0.497 e. The van der Waals surface area contributed by atoms with E-state index in [1.165, 1.54) is 0 Å². The van der Waals surface area contributed by atoms with E-state index in [0.717, 1.165) is 22.7 Å². The summed E-state index contributed by atoms with van der Waals surface area (Å²) in [5, 5.41) is 7.52. The molecule has 0 amide bonds. The minimum atomic E-state index is 0.412. The zero-order valence-electron chi connectivity index (χ0n) is 12.4. The van der Waals surface area contributed by atoms with E-state index in [1.54, 1.807) is 20.4 Å². The van der Waals surface area contributed by atoms with Gasteiger partial charge >= 0.3 is 0 Å². The van der Waals surface area contributed by atoms with Crippen LogP contribution in [0.4, 0.5) is 5.69 Å². The number of benzene rings is 2. The molecule has 0 spiro atoms. The van der Waals surface area contributed by atoms with Crippen LogP contribution < -0.4 is 20.2 Å². The number of hydrogen-bond acceptors (Lipinski definition) is 4. The van der Waals surface area contributed by atoms with Crippen molar-refractivity contribution in [3.63, 3.8) is 0 Å². The second-order valence-electron chi connectivity index (χ2n) is 4.33. The van der Waals surface area contributed by atoms with E-state index >= 15 is 0 Å². The Hall–Kier alpha value is -2.60. The summed E-state index contributed by atoms with van der Waals surface area (Å²) in [5.41, 5.74) is 4.57. The molecule has 5 nitrogen and oxygen atoms in total. The van der Waals surface area contributed by atoms with Gasteiger partial charge in [0, 0.05) is 5.69 Å². The fourth-order valence-corrected chi connectivity index (χ4v) is 1.86. The number of hydrazone groups is 1. The summed E-state index contributed by atoms with van der Waals surface area (Å²) in [6, 6.07) is 15.0. The molecule has 0 fully saturated rings. The van der Waals surface area contributed by atoms with Gasteiger partial charge in [0.25, 0.3) is 0 Å². The van der Waals surface area contributed by atoms with Crippen molar-refractivity contribution in [2.24, 2.45) is 5.10 Å². The van der Waals surface area contributed by atoms with Crippen molar-refractivity contribution >= 4 is 29.2 Å². The summed E-state index contributed by atoms with van der Waals surface area (Å²) >= 11 is 5.16. The largest absolute Gasteiger partial charge is 0.497 e. The Morgan fingerprint density at radius 2 is 1.50 bits per heavy atom. The third-order valence-corrected chi connectivity index (χ3v) is 3.04. The monoisotopic (exact) mass is 315 g/mol. The lowest BCUT2D eigenvalue weighted by Gasteiger charge is -2.07. The first kappa shape index (κ1) is 15.8. The first-order chi connectivity index (χ1) is 10.7. The minimum absolute atomic E-state index is 0.412. The summed E-state index contributed by atoms with van der Waals surface area (Å²) in [6.07, 6.45) is 1.68. The number of nitrogens with zero attached hydrogens (tertiary/aromatic N) is 1. The highest BCUT2D eigenvalue weighted by molar-refractivity contribution is 7.80. The molecule has 0 unspecified atom stereocenters. The van der Waals surface area contributed by atoms with Crippen molar-refractivity contribution < 1.29 is 9.47 Å². The third-order valence-electron chi connectivity index (χ3n) is 2.84. The van der Waals surface area contributed by atoms with E-state index in [9.17, 15) is 0 Å². The average molecular weight is 315 g/mol. The lowest BCUT2D eigenvalue weighted by molar-refractivity contribution is 0.414. The number of methoxy groups -OCH3 is 2. The molecule has 0 aliphatic heterocycles. The van der Waals surface area contributed by atoms with Crippen LogP contribution in [0, 0.1) is 0 Å². The maximum Gasteiger partial charge on any atom is 0.191 e.